The van der Waals surface area contributed by atoms with Crippen molar-refractivity contribution in [2.75, 3.05) is 0 Å². The van der Waals surface area contributed by atoms with E-state index in [9.17, 15) is 5.21 Å². The van der Waals surface area contributed by atoms with Crippen molar-refractivity contribution in [3.63, 3.8) is 0 Å². The molecule has 0 aliphatic heterocycles. The second-order valence-electron chi connectivity index (χ2n) is 9.66. The molecule has 45 heavy (non-hydrogen) atoms. The third kappa shape index (κ3) is 9.81. The average Bonchev–Trinajstić information content (AvgIpc) is 3.82. The van der Waals surface area contributed by atoms with Gasteiger partial charge in [0.2, 0.25) is 0 Å². The van der Waals surface area contributed by atoms with E-state index < -0.39 is 15.8 Å². The molecule has 7 aromatic rings. The summed E-state index contributed by atoms with van der Waals surface area (Å²) in [6.07, 6.45) is 1.38. The minimum Gasteiger partial charge on any atom is -0.709 e. The minimum absolute atomic E-state index is 0. The molecular weight excluding hydrogens is 648 g/mol. The number of nitrogens with zero attached hydrogens (tertiary/aromatic N) is 1. The van der Waals surface area contributed by atoms with Gasteiger partial charge in [-0.25, -0.2) is 18.2 Å². The van der Waals surface area contributed by atoms with E-state index in [4.69, 9.17) is 0 Å². The zero-order chi connectivity index (χ0) is 30.4. The predicted octanol–water partition coefficient (Wildman–Crippen LogP) is 6.55. The van der Waals surface area contributed by atoms with Crippen LogP contribution in [0.15, 0.2) is 199 Å². The molecule has 0 amide bonds. The van der Waals surface area contributed by atoms with E-state index in [1.807, 2.05) is 0 Å². The Balaban J connectivity index is 0.000000163. The van der Waals surface area contributed by atoms with Crippen LogP contribution in [0.1, 0.15) is 0 Å². The zero-order valence-electron chi connectivity index (χ0n) is 24.5. The molecule has 6 aromatic carbocycles. The maximum absolute atomic E-state index is 10.4. The first-order chi connectivity index (χ1) is 21.7. The molecule has 0 unspecified atom stereocenters. The maximum atomic E-state index is 10.4. The Morgan fingerprint density at radius 1 is 0.533 bits per heavy atom. The van der Waals surface area contributed by atoms with Gasteiger partial charge in [0.05, 0.1) is 5.03 Å². The van der Waals surface area contributed by atoms with Gasteiger partial charge in [0.25, 0.3) is 0 Å². The minimum atomic E-state index is -0.409. The second kappa shape index (κ2) is 18.2. The van der Waals surface area contributed by atoms with Crippen molar-refractivity contribution in [1.82, 2.24) is 0 Å². The monoisotopic (exact) mass is 680 g/mol. The van der Waals surface area contributed by atoms with E-state index in [-0.39, 0.29) is 17.1 Å². The van der Waals surface area contributed by atoms with Crippen molar-refractivity contribution in [3.05, 3.63) is 199 Å². The van der Waals surface area contributed by atoms with E-state index in [2.05, 4.69) is 182 Å². The summed E-state index contributed by atoms with van der Waals surface area (Å²) in [6.45, 7) is 0. The Morgan fingerprint density at radius 2 is 0.978 bits per heavy atom. The van der Waals surface area contributed by atoms with Gasteiger partial charge in [-0.1, -0.05) is 143 Å². The normalized spacial score (nSPS) is 10.2. The number of aromatic nitrogens is 1. The molecule has 6 heteroatoms. The summed E-state index contributed by atoms with van der Waals surface area (Å²) in [5.41, 5.74) is 0. The van der Waals surface area contributed by atoms with Crippen LogP contribution in [0.4, 0.5) is 0 Å². The van der Waals surface area contributed by atoms with Crippen LogP contribution in [0.3, 0.4) is 0 Å². The predicted molar refractivity (Wildman–Crippen MR) is 193 cm³/mol. The largest absolute Gasteiger partial charge is 3.00 e. The molecule has 2 nitrogen and oxygen atoms in total. The van der Waals surface area contributed by atoms with Crippen LogP contribution in [0.2, 0.25) is 0 Å². The van der Waals surface area contributed by atoms with Crippen molar-refractivity contribution < 1.29 is 21.8 Å². The fourth-order valence-electron chi connectivity index (χ4n) is 4.64. The molecule has 7 rings (SSSR count). The summed E-state index contributed by atoms with van der Waals surface area (Å²) in [4.78, 5) is 0. The van der Waals surface area contributed by atoms with Crippen LogP contribution >= 0.6 is 15.8 Å². The van der Waals surface area contributed by atoms with Gasteiger partial charge in [-0.3, -0.25) is 0 Å². The van der Waals surface area contributed by atoms with Gasteiger partial charge in [-0.05, 0) is 27.3 Å². The van der Waals surface area contributed by atoms with E-state index in [1.54, 1.807) is 18.2 Å². The Morgan fingerprint density at radius 3 is 1.36 bits per heavy atom. The van der Waals surface area contributed by atoms with Crippen LogP contribution in [0, 0.1) is 5.21 Å². The van der Waals surface area contributed by atoms with Crippen LogP contribution < -0.4 is 36.6 Å². The van der Waals surface area contributed by atoms with Gasteiger partial charge < -0.3 is 17.8 Å². The molecule has 0 N–H and O–H groups in total. The summed E-state index contributed by atoms with van der Waals surface area (Å²) in [6, 6.07) is 65.5. The van der Waals surface area contributed by atoms with E-state index in [1.165, 1.54) is 38.0 Å². The molecule has 0 fully saturated rings. The first-order valence-corrected chi connectivity index (χ1v) is 17.4. The summed E-state index contributed by atoms with van der Waals surface area (Å²) in [5.74, 6) is 0. The number of hydrogen-bond donors (Lipinski definition) is 0. The molecule has 0 aliphatic rings. The Bertz CT molecular complexity index is 1550. The number of benzene rings is 4. The van der Waals surface area contributed by atoms with E-state index >= 15 is 0 Å². The fraction of sp³-hybridized carbons (Fsp3) is 0. The molecule has 223 valence electrons. The van der Waals surface area contributed by atoms with E-state index in [0.717, 1.165) is 0 Å². The van der Waals surface area contributed by atoms with Crippen molar-refractivity contribution in [1.29, 1.82) is 0 Å². The molecule has 0 saturated heterocycles. The third-order valence-electron chi connectivity index (χ3n) is 6.65. The molecule has 0 saturated carbocycles. The summed E-state index contributed by atoms with van der Waals surface area (Å²) in [7, 11) is -0.818. The van der Waals surface area contributed by atoms with Gasteiger partial charge in [-0.2, -0.15) is 40.4 Å². The van der Waals surface area contributed by atoms with E-state index in [0.29, 0.717) is 9.76 Å². The first kappa shape index (κ1) is 34.0. The molecule has 1 radical (unpaired) electrons. The molecular formula is C39H32FeNOP2S. The number of rotatable bonds is 6. The van der Waals surface area contributed by atoms with Gasteiger partial charge in [0, 0.05) is 6.07 Å². The van der Waals surface area contributed by atoms with Crippen LogP contribution in [-0.4, -0.2) is 0 Å². The second-order valence-corrected chi connectivity index (χ2v) is 14.5. The Kier molecular flexibility index (Phi) is 13.7. The molecule has 0 bridgehead atoms. The Labute approximate surface area is 285 Å². The average molecular weight is 681 g/mol. The quantitative estimate of drug-likeness (QED) is 0.0498. The van der Waals surface area contributed by atoms with Gasteiger partial charge in [0.15, 0.2) is 6.20 Å². The molecule has 1 heterocycles. The third-order valence-corrected chi connectivity index (χ3v) is 11.9. The van der Waals surface area contributed by atoms with Crippen LogP contribution in [0.25, 0.3) is 0 Å². The van der Waals surface area contributed by atoms with Crippen molar-refractivity contribution in [3.8, 4) is 0 Å². The van der Waals surface area contributed by atoms with Crippen molar-refractivity contribution in [2.45, 2.75) is 5.03 Å². The van der Waals surface area contributed by atoms with Crippen molar-refractivity contribution in [2.24, 2.45) is 0 Å². The van der Waals surface area contributed by atoms with Gasteiger partial charge >= 0.3 is 17.1 Å². The summed E-state index contributed by atoms with van der Waals surface area (Å²) >= 11 is 4.60. The van der Waals surface area contributed by atoms with Gasteiger partial charge in [-0.15, -0.1) is 5.30 Å². The number of hydrogen-bond acceptors (Lipinski definition) is 2. The standard InChI is InChI=1S/2C17H14P.C5H5NOS.Fe/c2*1-3-9-15(10-4-1)18(17-13-7-8-14-17)16-11-5-2-6-12-16;7-6-4-2-1-3-5(6)8;/h2*1-14H;1-4,8H;/q2*-1;;+3/p-1. The smallest absolute Gasteiger partial charge is 0.709 e. The van der Waals surface area contributed by atoms with Gasteiger partial charge in [0.1, 0.15) is 0 Å². The first-order valence-electron chi connectivity index (χ1n) is 14.3. The maximum Gasteiger partial charge on any atom is 3.00 e. The number of pyridine rings is 1. The molecule has 1 aromatic heterocycles. The van der Waals surface area contributed by atoms with Crippen molar-refractivity contribution >= 4 is 60.3 Å². The zero-order valence-corrected chi connectivity index (χ0v) is 28.2. The van der Waals surface area contributed by atoms with Crippen LogP contribution in [-0.2, 0) is 29.7 Å². The molecule has 0 aliphatic carbocycles. The fourth-order valence-corrected chi connectivity index (χ4v) is 9.39. The molecule has 0 spiro atoms. The van der Waals surface area contributed by atoms with Crippen LogP contribution in [0.5, 0.6) is 0 Å². The topological polar surface area (TPSA) is 26.9 Å². The SMILES string of the molecule is [Fe+3].[O-][n+]1ccccc1[S-].c1ccc(P(c2ccccc2)[c-]2cccc2)cc1.c1ccc(P(c2ccccc2)c2cc[cH-]c2)cc1. The Hall–Kier alpha value is -3.87. The summed E-state index contributed by atoms with van der Waals surface area (Å²) in [5, 5.41) is 19.2. The summed E-state index contributed by atoms with van der Waals surface area (Å²) < 4.78 is 0.648. The molecule has 0 atom stereocenters.